The summed E-state index contributed by atoms with van der Waals surface area (Å²) >= 11 is 0. The van der Waals surface area contributed by atoms with Gasteiger partial charge in [0.1, 0.15) is 17.1 Å². The minimum absolute atomic E-state index is 0.199. The van der Waals surface area contributed by atoms with Crippen molar-refractivity contribution in [1.29, 1.82) is 0 Å². The molecule has 0 aliphatic carbocycles. The molecule has 0 radical (unpaired) electrons. The second-order valence-corrected chi connectivity index (χ2v) is 8.19. The average Bonchev–Trinajstić information content (AvgIpc) is 2.70. The zero-order valence-corrected chi connectivity index (χ0v) is 17.8. The van der Waals surface area contributed by atoms with Gasteiger partial charge in [0.25, 0.3) is 0 Å². The number of fused-ring (bicyclic) bond motifs is 2. The highest BCUT2D eigenvalue weighted by atomic mass is 19.1. The van der Waals surface area contributed by atoms with Crippen molar-refractivity contribution in [2.45, 2.75) is 32.3 Å². The largest absolute Gasteiger partial charge is 0.382 e. The summed E-state index contributed by atoms with van der Waals surface area (Å²) in [7, 11) is 1.63. The number of halogens is 1. The van der Waals surface area contributed by atoms with Crippen molar-refractivity contribution < 1.29 is 9.50 Å². The molecular formula is C23H25FN6O. The van der Waals surface area contributed by atoms with Crippen molar-refractivity contribution in [3.05, 3.63) is 47.5 Å². The molecule has 3 heterocycles. The summed E-state index contributed by atoms with van der Waals surface area (Å²) in [4.78, 5) is 10.5. The number of anilines is 4. The number of aliphatic hydroxyl groups is 1. The van der Waals surface area contributed by atoms with Crippen LogP contribution in [0.25, 0.3) is 10.8 Å². The van der Waals surface area contributed by atoms with Crippen LogP contribution in [0.5, 0.6) is 0 Å². The lowest BCUT2D eigenvalue weighted by molar-refractivity contribution is 0.143. The van der Waals surface area contributed by atoms with Crippen molar-refractivity contribution in [2.24, 2.45) is 5.84 Å². The van der Waals surface area contributed by atoms with E-state index in [0.29, 0.717) is 28.8 Å². The van der Waals surface area contributed by atoms with E-state index in [2.05, 4.69) is 21.8 Å². The fourth-order valence-electron chi connectivity index (χ4n) is 3.95. The van der Waals surface area contributed by atoms with Crippen LogP contribution in [0.3, 0.4) is 0 Å². The number of benzene rings is 1. The van der Waals surface area contributed by atoms with Gasteiger partial charge in [0.15, 0.2) is 11.6 Å². The molecule has 0 spiro atoms. The summed E-state index contributed by atoms with van der Waals surface area (Å²) in [6.45, 7) is 3.94. The van der Waals surface area contributed by atoms with Crippen LogP contribution in [0.15, 0.2) is 30.6 Å². The van der Waals surface area contributed by atoms with E-state index >= 15 is 4.39 Å². The first-order valence-corrected chi connectivity index (χ1v) is 10.0. The Morgan fingerprint density at radius 3 is 2.77 bits per heavy atom. The van der Waals surface area contributed by atoms with Crippen LogP contribution in [-0.2, 0) is 6.42 Å². The summed E-state index contributed by atoms with van der Waals surface area (Å²) in [5.74, 6) is 12.0. The Labute approximate surface area is 180 Å². The molecule has 160 valence electrons. The highest BCUT2D eigenvalue weighted by Gasteiger charge is 2.26. The minimum Gasteiger partial charge on any atom is -0.382 e. The fourth-order valence-corrected chi connectivity index (χ4v) is 3.95. The van der Waals surface area contributed by atoms with E-state index in [9.17, 15) is 5.11 Å². The Bertz CT molecular complexity index is 1220. The predicted octanol–water partition coefficient (Wildman–Crippen LogP) is 2.87. The number of pyridine rings is 2. The first-order chi connectivity index (χ1) is 14.7. The normalized spacial score (nSPS) is 13.5. The average molecular weight is 420 g/mol. The molecule has 0 atom stereocenters. The second kappa shape index (κ2) is 7.69. The van der Waals surface area contributed by atoms with E-state index in [1.165, 1.54) is 11.2 Å². The van der Waals surface area contributed by atoms with Gasteiger partial charge in [-0.3, -0.25) is 4.98 Å². The molecule has 31 heavy (non-hydrogen) atoms. The van der Waals surface area contributed by atoms with Crippen molar-refractivity contribution in [2.75, 3.05) is 29.2 Å². The maximum absolute atomic E-state index is 15.0. The maximum atomic E-state index is 15.0. The van der Waals surface area contributed by atoms with Gasteiger partial charge in [0.05, 0.1) is 11.6 Å². The maximum Gasteiger partial charge on any atom is 0.153 e. The lowest BCUT2D eigenvalue weighted by Crippen LogP contribution is -2.29. The molecule has 5 N–H and O–H groups in total. The molecule has 0 amide bonds. The molecule has 0 fully saturated rings. The van der Waals surface area contributed by atoms with Gasteiger partial charge < -0.3 is 20.7 Å². The number of nitrogens with zero attached hydrogens (tertiary/aromatic N) is 4. The predicted molar refractivity (Wildman–Crippen MR) is 121 cm³/mol. The van der Waals surface area contributed by atoms with Crippen LogP contribution >= 0.6 is 0 Å². The van der Waals surface area contributed by atoms with Crippen molar-refractivity contribution >= 4 is 33.8 Å². The molecule has 0 saturated heterocycles. The first-order valence-electron chi connectivity index (χ1n) is 10.0. The monoisotopic (exact) mass is 420 g/mol. The van der Waals surface area contributed by atoms with Gasteiger partial charge in [-0.05, 0) is 44.4 Å². The molecule has 7 nitrogen and oxygen atoms in total. The topological polar surface area (TPSA) is 105 Å². The van der Waals surface area contributed by atoms with Crippen molar-refractivity contribution in [3.8, 4) is 11.8 Å². The Hall–Kier alpha value is -3.41. The summed E-state index contributed by atoms with van der Waals surface area (Å²) in [5, 5.41) is 12.1. The highest BCUT2D eigenvalue weighted by molar-refractivity contribution is 6.05. The van der Waals surface area contributed by atoms with E-state index in [1.807, 2.05) is 23.1 Å². The molecular weight excluding hydrogens is 395 g/mol. The molecule has 4 rings (SSSR count). The molecule has 8 heteroatoms. The van der Waals surface area contributed by atoms with Gasteiger partial charge in [-0.15, -0.1) is 0 Å². The van der Waals surface area contributed by atoms with Gasteiger partial charge in [-0.25, -0.2) is 15.2 Å². The van der Waals surface area contributed by atoms with Crippen LogP contribution < -0.4 is 21.5 Å². The van der Waals surface area contributed by atoms with Gasteiger partial charge in [-0.1, -0.05) is 17.9 Å². The van der Waals surface area contributed by atoms with Gasteiger partial charge in [-0.2, -0.15) is 0 Å². The molecule has 0 saturated carbocycles. The Morgan fingerprint density at radius 2 is 2.06 bits per heavy atom. The smallest absolute Gasteiger partial charge is 0.153 e. The lowest BCUT2D eigenvalue weighted by atomic mass is 9.95. The van der Waals surface area contributed by atoms with Crippen LogP contribution in [-0.4, -0.2) is 34.3 Å². The summed E-state index contributed by atoms with van der Waals surface area (Å²) in [6.07, 6.45) is 4.38. The quantitative estimate of drug-likeness (QED) is 0.333. The van der Waals surface area contributed by atoms with E-state index in [4.69, 9.17) is 11.6 Å². The number of nitrogens with two attached hydrogens (primary N) is 2. The summed E-state index contributed by atoms with van der Waals surface area (Å²) < 4.78 is 15.0. The Morgan fingerprint density at radius 1 is 1.29 bits per heavy atom. The van der Waals surface area contributed by atoms with Crippen molar-refractivity contribution in [1.82, 2.24) is 9.97 Å². The molecule has 1 aliphatic heterocycles. The number of hydrogen-bond acceptors (Lipinski definition) is 7. The zero-order chi connectivity index (χ0) is 22.3. The first kappa shape index (κ1) is 20.8. The molecule has 0 bridgehead atoms. The number of aromatic nitrogens is 2. The lowest BCUT2D eigenvalue weighted by Gasteiger charge is -2.32. The van der Waals surface area contributed by atoms with Crippen LogP contribution in [0.1, 0.15) is 31.4 Å². The van der Waals surface area contributed by atoms with E-state index in [1.54, 1.807) is 27.1 Å². The number of hydrogen-bond donors (Lipinski definition) is 3. The highest BCUT2D eigenvalue weighted by Crippen LogP contribution is 2.41. The van der Waals surface area contributed by atoms with Crippen LogP contribution in [0.2, 0.25) is 0 Å². The number of rotatable bonds is 2. The number of nitrogen functional groups attached to an aromatic ring is 1. The second-order valence-electron chi connectivity index (χ2n) is 8.19. The van der Waals surface area contributed by atoms with E-state index in [-0.39, 0.29) is 5.82 Å². The summed E-state index contributed by atoms with van der Waals surface area (Å²) in [5.41, 5.74) is 8.33. The third kappa shape index (κ3) is 3.85. The van der Waals surface area contributed by atoms with Crippen molar-refractivity contribution in [3.63, 3.8) is 0 Å². The third-order valence-corrected chi connectivity index (χ3v) is 5.21. The molecule has 0 unspecified atom stereocenters. The molecule has 1 aromatic carbocycles. The van der Waals surface area contributed by atoms with Crippen LogP contribution in [0, 0.1) is 17.7 Å². The molecule has 3 aromatic rings. The van der Waals surface area contributed by atoms with E-state index < -0.39 is 11.4 Å². The van der Waals surface area contributed by atoms with Crippen LogP contribution in [0.4, 0.5) is 27.4 Å². The standard InChI is InChI=1S/C23H25FN6O/c1-23(2,31)10-9-14-6-4-8-18-15(14)7-5-11-30(18)22-19-16(12-27-13-17(19)24)20(29(3)26)21(25)28-22/h4,6,8,12-13,31H,5,7,11,26H2,1-3H3,(H2,25,28). The molecule has 2 aromatic heterocycles. The van der Waals surface area contributed by atoms with E-state index in [0.717, 1.165) is 29.7 Å². The Balaban J connectivity index is 1.94. The third-order valence-electron chi connectivity index (χ3n) is 5.21. The Kier molecular flexibility index (Phi) is 5.17. The molecule has 1 aliphatic rings. The number of hydrazine groups is 1. The van der Waals surface area contributed by atoms with Gasteiger partial charge in [0.2, 0.25) is 0 Å². The minimum atomic E-state index is -1.09. The zero-order valence-electron chi connectivity index (χ0n) is 17.8. The van der Waals surface area contributed by atoms with Gasteiger partial charge >= 0.3 is 0 Å². The summed E-state index contributed by atoms with van der Waals surface area (Å²) in [6, 6.07) is 5.80. The fraction of sp³-hybridized carbons (Fsp3) is 0.304. The van der Waals surface area contributed by atoms with Gasteiger partial charge in [0, 0.05) is 36.4 Å². The SMILES string of the molecule is CN(N)c1c(N)nc(N2CCCc3c(C#CC(C)(C)O)cccc32)c2c(F)cncc12.